The van der Waals surface area contributed by atoms with Gasteiger partial charge in [-0.25, -0.2) is 14.6 Å². The number of aliphatic carboxylic acids is 1. The van der Waals surface area contributed by atoms with Crippen LogP contribution < -0.4 is 31.2 Å². The van der Waals surface area contributed by atoms with Gasteiger partial charge in [0.1, 0.15) is 41.9 Å². The Morgan fingerprint density at radius 2 is 1.60 bits per heavy atom. The second-order valence-electron chi connectivity index (χ2n) is 18.1. The number of aliphatic hydroxyl groups is 3. The molecule has 1 unspecified atom stereocenters. The first-order chi connectivity index (χ1) is 36.1. The fraction of sp³-hybridized carbons (Fsp3) is 0.480. The molecule has 9 N–H and O–H groups in total. The first kappa shape index (κ1) is 55.3. The molecule has 3 aliphatic heterocycles. The Kier molecular flexibility index (Phi) is 19.3. The molecule has 0 spiro atoms. The number of amides is 5. The molecular formula is C50H64N10O15. The number of unbranched alkanes of at least 4 members (excludes halogenated alkanes) is 2. The summed E-state index contributed by atoms with van der Waals surface area (Å²) < 4.78 is 30.0. The molecule has 0 saturated carbocycles. The van der Waals surface area contributed by atoms with Crippen molar-refractivity contribution in [3.8, 4) is 11.5 Å². The van der Waals surface area contributed by atoms with Crippen molar-refractivity contribution >= 4 is 64.2 Å². The van der Waals surface area contributed by atoms with Gasteiger partial charge in [0, 0.05) is 82.6 Å². The van der Waals surface area contributed by atoms with Gasteiger partial charge < -0.3 is 75.3 Å². The quantitative estimate of drug-likeness (QED) is 0.0341. The third-order valence-corrected chi connectivity index (χ3v) is 12.7. The fourth-order valence-corrected chi connectivity index (χ4v) is 8.58. The number of carboxylic acids is 1. The number of anilines is 3. The highest BCUT2D eigenvalue weighted by Gasteiger charge is 2.48. The van der Waals surface area contributed by atoms with Crippen molar-refractivity contribution in [2.75, 3.05) is 82.5 Å². The van der Waals surface area contributed by atoms with Crippen molar-refractivity contribution in [2.24, 2.45) is 0 Å². The number of hydrogen-bond donors (Lipinski definition) is 8. The van der Waals surface area contributed by atoms with Gasteiger partial charge in [-0.15, -0.1) is 0 Å². The Balaban J connectivity index is 0.909. The average molecular weight is 1050 g/mol. The maximum absolute atomic E-state index is 13.4. The normalized spacial score (nSPS) is 19.8. The lowest BCUT2D eigenvalue weighted by molar-refractivity contribution is -0.271. The number of carbonyl (C=O) groups excluding carboxylic acids is 5. The van der Waals surface area contributed by atoms with E-state index in [1.807, 2.05) is 24.4 Å². The topological polar surface area (TPSA) is 332 Å². The van der Waals surface area contributed by atoms with E-state index in [1.165, 1.54) is 18.2 Å². The third kappa shape index (κ3) is 14.7. The predicted molar refractivity (Wildman–Crippen MR) is 268 cm³/mol. The molecule has 25 nitrogen and oxygen atoms in total. The van der Waals surface area contributed by atoms with E-state index in [-0.39, 0.29) is 63.1 Å². The second-order valence-corrected chi connectivity index (χ2v) is 18.1. The van der Waals surface area contributed by atoms with Crippen LogP contribution in [0.4, 0.5) is 22.2 Å². The van der Waals surface area contributed by atoms with Crippen molar-refractivity contribution in [1.29, 1.82) is 0 Å². The number of methoxy groups -OCH3 is 1. The number of fused-ring (bicyclic) bond motifs is 1. The van der Waals surface area contributed by atoms with Crippen molar-refractivity contribution in [1.82, 2.24) is 34.6 Å². The van der Waals surface area contributed by atoms with E-state index in [2.05, 4.69) is 48.4 Å². The minimum absolute atomic E-state index is 0.00710. The Hall–Kier alpha value is -7.42. The summed E-state index contributed by atoms with van der Waals surface area (Å²) in [5.41, 5.74) is 10.0. The maximum atomic E-state index is 13.4. The minimum Gasteiger partial charge on any atom is -0.496 e. The lowest BCUT2D eigenvalue weighted by Gasteiger charge is -2.38. The standard InChI is InChI=1S/C50H64N10O15/c1-3-4-5-15-53-46-41-33(55-49(51)56-46)13-17-59(41)28-32-8-6-30(26-36(32)71-2)27-57-18-20-58(21-19-57)50(70)73-29-31-7-9-35(74-48-44(67)42(65)43(66)45(75-48)47(68)69)34(25-31)54-38(62)12-16-52-37(61)14-23-72-24-22-60-39(63)10-11-40(60)64/h6-11,13,17,25-26,42-45,48,65-67H,3-5,12,14-16,18-24,27-29H2,1-2H3,(H,52,61)(H,54,62)(H,68,69)(H3,51,53,55,56)/t42-,43-,44+,45-,48?/m1/s1. The molecule has 5 atom stereocenters. The predicted octanol–water partition coefficient (Wildman–Crippen LogP) is 1.17. The third-order valence-electron chi connectivity index (χ3n) is 12.7. The summed E-state index contributed by atoms with van der Waals surface area (Å²) in [5.74, 6) is -2.07. The lowest BCUT2D eigenvalue weighted by Crippen LogP contribution is -2.61. The molecule has 75 heavy (non-hydrogen) atoms. The van der Waals surface area contributed by atoms with Crippen LogP contribution in [0.25, 0.3) is 11.0 Å². The zero-order valence-corrected chi connectivity index (χ0v) is 41.7. The number of piperazine rings is 1. The molecule has 2 aromatic heterocycles. The maximum Gasteiger partial charge on any atom is 0.410 e. The van der Waals surface area contributed by atoms with Crippen LogP contribution in [0.2, 0.25) is 0 Å². The van der Waals surface area contributed by atoms with Gasteiger partial charge in [-0.05, 0) is 41.8 Å². The molecule has 3 aliphatic rings. The molecule has 0 aliphatic carbocycles. The number of carboxylic acid groups (broad SMARTS) is 1. The van der Waals surface area contributed by atoms with Crippen LogP contribution in [0.5, 0.6) is 11.5 Å². The Labute approximate surface area is 431 Å². The molecule has 0 radical (unpaired) electrons. The summed E-state index contributed by atoms with van der Waals surface area (Å²) in [5, 5.41) is 49.4. The van der Waals surface area contributed by atoms with E-state index >= 15 is 0 Å². The van der Waals surface area contributed by atoms with Crippen LogP contribution in [0.1, 0.15) is 55.7 Å². The van der Waals surface area contributed by atoms with Crippen molar-refractivity contribution in [3.63, 3.8) is 0 Å². The number of benzene rings is 2. The number of hydrogen-bond acceptors (Lipinski definition) is 19. The first-order valence-electron chi connectivity index (χ1n) is 24.7. The Bertz CT molecular complexity index is 2690. The number of aliphatic hydroxyl groups excluding tert-OH is 3. The molecule has 5 amide bonds. The van der Waals surface area contributed by atoms with Crippen LogP contribution in [0.3, 0.4) is 0 Å². The summed E-state index contributed by atoms with van der Waals surface area (Å²) in [7, 11) is 1.64. The molecular weight excluding hydrogens is 981 g/mol. The summed E-state index contributed by atoms with van der Waals surface area (Å²) in [4.78, 5) is 87.8. The SMILES string of the molecule is CCCCCNc1nc(N)nc2ccn(Cc3ccc(CN4CCN(C(=O)OCc5ccc(OC6O[C@@H](C(=O)O)[C@H](O)[C@@H](O)[C@@H]6O)c(NC(=O)CCNC(=O)CCOCCN6C(=O)C=CC6=O)c5)CC4)cc3OC)c12. The highest BCUT2D eigenvalue weighted by atomic mass is 16.7. The number of nitrogens with one attached hydrogen (secondary N) is 3. The number of nitrogen functional groups attached to an aromatic ring is 1. The van der Waals surface area contributed by atoms with Crippen molar-refractivity contribution in [2.45, 2.75) is 89.4 Å². The van der Waals surface area contributed by atoms with Gasteiger partial charge in [0.2, 0.25) is 24.1 Å². The van der Waals surface area contributed by atoms with E-state index in [4.69, 9.17) is 29.4 Å². The molecule has 4 aromatic rings. The smallest absolute Gasteiger partial charge is 0.410 e. The summed E-state index contributed by atoms with van der Waals surface area (Å²) in [6.45, 7) is 5.68. The van der Waals surface area contributed by atoms with Gasteiger partial charge in [0.15, 0.2) is 11.9 Å². The van der Waals surface area contributed by atoms with E-state index in [1.54, 1.807) is 12.0 Å². The van der Waals surface area contributed by atoms with E-state index < -0.39 is 66.4 Å². The van der Waals surface area contributed by atoms with Gasteiger partial charge in [0.25, 0.3) is 11.8 Å². The van der Waals surface area contributed by atoms with E-state index in [0.717, 1.165) is 70.8 Å². The molecule has 2 aromatic carbocycles. The molecule has 25 heteroatoms. The highest BCUT2D eigenvalue weighted by molar-refractivity contribution is 6.12. The molecule has 2 fully saturated rings. The number of aromatic nitrogens is 3. The highest BCUT2D eigenvalue weighted by Crippen LogP contribution is 2.32. The molecule has 7 rings (SSSR count). The number of carbonyl (C=O) groups is 6. The van der Waals surface area contributed by atoms with E-state index in [0.29, 0.717) is 50.6 Å². The van der Waals surface area contributed by atoms with Gasteiger partial charge in [-0.1, -0.05) is 38.0 Å². The fourth-order valence-electron chi connectivity index (χ4n) is 8.58. The average Bonchev–Trinajstić information content (AvgIpc) is 3.95. The number of nitrogens with two attached hydrogens (primary N) is 1. The largest absolute Gasteiger partial charge is 0.496 e. The monoisotopic (exact) mass is 1040 g/mol. The number of nitrogens with zero attached hydrogens (tertiary/aromatic N) is 6. The van der Waals surface area contributed by atoms with E-state index in [9.17, 15) is 49.2 Å². The number of rotatable bonds is 25. The van der Waals surface area contributed by atoms with Crippen molar-refractivity contribution < 1.29 is 72.9 Å². The number of imide groups is 1. The summed E-state index contributed by atoms with van der Waals surface area (Å²) in [6, 6.07) is 12.3. The molecule has 5 heterocycles. The van der Waals surface area contributed by atoms with Crippen LogP contribution in [-0.4, -0.2) is 182 Å². The zero-order valence-electron chi connectivity index (χ0n) is 41.7. The van der Waals surface area contributed by atoms with Gasteiger partial charge in [-0.2, -0.15) is 4.98 Å². The summed E-state index contributed by atoms with van der Waals surface area (Å²) in [6.07, 6.45) is -2.95. The van der Waals surface area contributed by atoms with Gasteiger partial charge >= 0.3 is 12.1 Å². The lowest BCUT2D eigenvalue weighted by atomic mass is 9.99. The van der Waals surface area contributed by atoms with Gasteiger partial charge in [0.05, 0.1) is 44.6 Å². The first-order valence-corrected chi connectivity index (χ1v) is 24.7. The van der Waals surface area contributed by atoms with Gasteiger partial charge in [-0.3, -0.25) is 29.0 Å². The summed E-state index contributed by atoms with van der Waals surface area (Å²) >= 11 is 0. The Morgan fingerprint density at radius 3 is 2.33 bits per heavy atom. The van der Waals surface area contributed by atoms with Crippen molar-refractivity contribution in [3.05, 3.63) is 77.5 Å². The van der Waals surface area contributed by atoms with Crippen LogP contribution in [0, 0.1) is 0 Å². The minimum atomic E-state index is -1.97. The zero-order chi connectivity index (χ0) is 53.6. The van der Waals surface area contributed by atoms with Crippen LogP contribution in [0.15, 0.2) is 60.8 Å². The molecule has 2 saturated heterocycles. The molecule has 0 bridgehead atoms. The molecule has 404 valence electrons. The number of ether oxygens (including phenoxy) is 5. The van der Waals surface area contributed by atoms with Crippen LogP contribution in [-0.2, 0) is 57.9 Å². The Morgan fingerprint density at radius 1 is 0.840 bits per heavy atom. The van der Waals surface area contributed by atoms with Crippen LogP contribution >= 0.6 is 0 Å². The second kappa shape index (κ2) is 26.2.